The maximum Gasteiger partial charge on any atom is 0.149 e. The van der Waals surface area contributed by atoms with Gasteiger partial charge in [-0.15, -0.1) is 0 Å². The van der Waals surface area contributed by atoms with Gasteiger partial charge in [0.25, 0.3) is 0 Å². The molecule has 0 atom stereocenters. The van der Waals surface area contributed by atoms with E-state index >= 15 is 0 Å². The Balaban J connectivity index is 2.99. The Morgan fingerprint density at radius 2 is 2.25 bits per heavy atom. The van der Waals surface area contributed by atoms with Crippen LogP contribution in [0.3, 0.4) is 0 Å². The van der Waals surface area contributed by atoms with Crippen LogP contribution >= 0.6 is 11.6 Å². The second-order valence-corrected chi connectivity index (χ2v) is 3.00. The van der Waals surface area contributed by atoms with Crippen molar-refractivity contribution in [2.24, 2.45) is 0 Å². The zero-order chi connectivity index (χ0) is 8.72. The van der Waals surface area contributed by atoms with E-state index in [2.05, 4.69) is 4.98 Å². The van der Waals surface area contributed by atoms with E-state index in [1.165, 1.54) is 0 Å². The van der Waals surface area contributed by atoms with Crippen molar-refractivity contribution < 1.29 is 0 Å². The average Bonchev–Trinajstić information content (AvgIpc) is 2.29. The number of halogens is 1. The zero-order valence-corrected chi connectivity index (χ0v) is 7.34. The van der Waals surface area contributed by atoms with Crippen LogP contribution in [-0.4, -0.2) is 9.38 Å². The third-order valence-electron chi connectivity index (χ3n) is 1.81. The highest BCUT2D eigenvalue weighted by Gasteiger charge is 2.05. The second-order valence-electron chi connectivity index (χ2n) is 2.61. The molecular weight excluding hydrogens is 174 g/mol. The highest BCUT2D eigenvalue weighted by atomic mass is 35.5. The van der Waals surface area contributed by atoms with Gasteiger partial charge in [0.1, 0.15) is 16.8 Å². The maximum atomic E-state index is 5.94. The summed E-state index contributed by atoms with van der Waals surface area (Å²) in [6, 6.07) is 5.55. The van der Waals surface area contributed by atoms with Crippen LogP contribution in [0.1, 0.15) is 5.82 Å². The van der Waals surface area contributed by atoms with Gasteiger partial charge in [-0.1, -0.05) is 17.7 Å². The summed E-state index contributed by atoms with van der Waals surface area (Å²) in [5.41, 5.74) is 6.52. The minimum atomic E-state index is 0.523. The van der Waals surface area contributed by atoms with Crippen molar-refractivity contribution in [2.45, 2.75) is 6.92 Å². The number of aromatic nitrogens is 2. The molecule has 0 radical (unpaired) electrons. The number of nitrogens with zero attached hydrogens (tertiary/aromatic N) is 2. The summed E-state index contributed by atoms with van der Waals surface area (Å²) < 4.78 is 1.82. The van der Waals surface area contributed by atoms with E-state index in [0.717, 1.165) is 11.3 Å². The first-order valence-electron chi connectivity index (χ1n) is 3.59. The fraction of sp³-hybridized carbons (Fsp3) is 0.125. The SMILES string of the molecule is Cc1nc(N)c2cccc(Cl)n12. The quantitative estimate of drug-likeness (QED) is 0.631. The molecule has 0 spiro atoms. The van der Waals surface area contributed by atoms with E-state index in [1.807, 2.05) is 29.5 Å². The third kappa shape index (κ3) is 0.865. The van der Waals surface area contributed by atoms with Gasteiger partial charge >= 0.3 is 0 Å². The molecule has 4 heteroatoms. The minimum absolute atomic E-state index is 0.523. The van der Waals surface area contributed by atoms with Gasteiger partial charge in [0, 0.05) is 0 Å². The van der Waals surface area contributed by atoms with Crippen LogP contribution in [0.15, 0.2) is 18.2 Å². The molecule has 0 fully saturated rings. The lowest BCUT2D eigenvalue weighted by Gasteiger charge is -1.97. The summed E-state index contributed by atoms with van der Waals surface area (Å²) in [5.74, 6) is 1.34. The molecule has 3 nitrogen and oxygen atoms in total. The summed E-state index contributed by atoms with van der Waals surface area (Å²) in [5, 5.41) is 0.634. The Kier molecular flexibility index (Phi) is 1.48. The van der Waals surface area contributed by atoms with E-state index in [0.29, 0.717) is 11.0 Å². The molecule has 12 heavy (non-hydrogen) atoms. The first-order chi connectivity index (χ1) is 5.70. The average molecular weight is 182 g/mol. The van der Waals surface area contributed by atoms with Crippen molar-refractivity contribution in [3.8, 4) is 0 Å². The van der Waals surface area contributed by atoms with Crippen molar-refractivity contribution in [2.75, 3.05) is 5.73 Å². The van der Waals surface area contributed by atoms with Gasteiger partial charge in [0.15, 0.2) is 0 Å². The van der Waals surface area contributed by atoms with E-state index < -0.39 is 0 Å². The highest BCUT2D eigenvalue weighted by molar-refractivity contribution is 6.29. The smallest absolute Gasteiger partial charge is 0.149 e. The van der Waals surface area contributed by atoms with Crippen LogP contribution in [0.25, 0.3) is 5.52 Å². The van der Waals surface area contributed by atoms with Gasteiger partial charge in [-0.3, -0.25) is 4.40 Å². The zero-order valence-electron chi connectivity index (χ0n) is 6.58. The van der Waals surface area contributed by atoms with Crippen molar-refractivity contribution in [3.05, 3.63) is 29.2 Å². The van der Waals surface area contributed by atoms with Gasteiger partial charge in [-0.05, 0) is 19.1 Å². The van der Waals surface area contributed by atoms with Crippen LogP contribution in [-0.2, 0) is 0 Å². The number of fused-ring (bicyclic) bond motifs is 1. The van der Waals surface area contributed by atoms with E-state index in [4.69, 9.17) is 17.3 Å². The largest absolute Gasteiger partial charge is 0.382 e. The highest BCUT2D eigenvalue weighted by Crippen LogP contribution is 2.19. The number of imidazole rings is 1. The summed E-state index contributed by atoms with van der Waals surface area (Å²) in [6.45, 7) is 1.87. The number of anilines is 1. The number of pyridine rings is 1. The molecule has 0 bridgehead atoms. The number of hydrogen-bond acceptors (Lipinski definition) is 2. The molecule has 62 valence electrons. The molecule has 0 aliphatic carbocycles. The molecule has 2 aromatic rings. The normalized spacial score (nSPS) is 10.8. The van der Waals surface area contributed by atoms with E-state index in [1.54, 1.807) is 0 Å². The van der Waals surface area contributed by atoms with Gasteiger partial charge in [0.05, 0.1) is 5.52 Å². The predicted molar refractivity (Wildman–Crippen MR) is 49.4 cm³/mol. The summed E-state index contributed by atoms with van der Waals surface area (Å²) in [4.78, 5) is 4.11. The van der Waals surface area contributed by atoms with Crippen LogP contribution in [0.4, 0.5) is 5.82 Å². The fourth-order valence-electron chi connectivity index (χ4n) is 1.29. The van der Waals surface area contributed by atoms with Gasteiger partial charge in [0.2, 0.25) is 0 Å². The third-order valence-corrected chi connectivity index (χ3v) is 2.11. The number of nitrogen functional groups attached to an aromatic ring is 1. The molecule has 2 N–H and O–H groups in total. The first kappa shape index (κ1) is 7.43. The van der Waals surface area contributed by atoms with Crippen molar-refractivity contribution in [1.29, 1.82) is 0 Å². The van der Waals surface area contributed by atoms with Crippen LogP contribution < -0.4 is 5.73 Å². The van der Waals surface area contributed by atoms with Crippen molar-refractivity contribution in [3.63, 3.8) is 0 Å². The first-order valence-corrected chi connectivity index (χ1v) is 3.97. The monoisotopic (exact) mass is 181 g/mol. The van der Waals surface area contributed by atoms with Crippen LogP contribution in [0, 0.1) is 6.92 Å². The Morgan fingerprint density at radius 1 is 1.50 bits per heavy atom. The lowest BCUT2D eigenvalue weighted by atomic mass is 10.4. The lowest BCUT2D eigenvalue weighted by Crippen LogP contribution is -1.88. The summed E-state index contributed by atoms with van der Waals surface area (Å²) >= 11 is 5.94. The molecule has 0 amide bonds. The molecule has 0 unspecified atom stereocenters. The number of aryl methyl sites for hydroxylation is 1. The molecule has 0 aliphatic heterocycles. The van der Waals surface area contributed by atoms with E-state index in [9.17, 15) is 0 Å². The Morgan fingerprint density at radius 3 is 2.92 bits per heavy atom. The van der Waals surface area contributed by atoms with Gasteiger partial charge in [-0.2, -0.15) is 0 Å². The Bertz CT molecular complexity index is 433. The number of hydrogen-bond donors (Lipinski definition) is 1. The predicted octanol–water partition coefficient (Wildman–Crippen LogP) is 1.88. The van der Waals surface area contributed by atoms with Gasteiger partial charge in [-0.25, -0.2) is 4.98 Å². The topological polar surface area (TPSA) is 43.3 Å². The summed E-state index contributed by atoms with van der Waals surface area (Å²) in [6.07, 6.45) is 0. The minimum Gasteiger partial charge on any atom is -0.382 e. The Hall–Kier alpha value is -1.22. The second kappa shape index (κ2) is 2.38. The molecular formula is C8H8ClN3. The molecule has 0 aromatic carbocycles. The molecule has 2 heterocycles. The molecule has 2 rings (SSSR count). The van der Waals surface area contributed by atoms with Crippen LogP contribution in [0.5, 0.6) is 0 Å². The lowest BCUT2D eigenvalue weighted by molar-refractivity contribution is 1.05. The van der Waals surface area contributed by atoms with Crippen molar-refractivity contribution >= 4 is 22.9 Å². The maximum absolute atomic E-state index is 5.94. The molecule has 0 saturated heterocycles. The fourth-order valence-corrected chi connectivity index (χ4v) is 1.58. The molecule has 2 aromatic heterocycles. The molecule has 0 saturated carbocycles. The van der Waals surface area contributed by atoms with E-state index in [-0.39, 0.29) is 0 Å². The standard InChI is InChI=1S/C8H8ClN3/c1-5-11-8(10)6-3-2-4-7(9)12(5)6/h2-4H,10H2,1H3. The van der Waals surface area contributed by atoms with Crippen LogP contribution in [0.2, 0.25) is 5.15 Å². The number of nitrogens with two attached hydrogens (primary N) is 1. The molecule has 0 aliphatic rings. The van der Waals surface area contributed by atoms with Gasteiger partial charge < -0.3 is 5.73 Å². The van der Waals surface area contributed by atoms with Crippen molar-refractivity contribution in [1.82, 2.24) is 9.38 Å². The Labute approximate surface area is 74.8 Å². The number of rotatable bonds is 0. The summed E-state index contributed by atoms with van der Waals surface area (Å²) in [7, 11) is 0.